The van der Waals surface area contributed by atoms with Crippen molar-refractivity contribution in [3.63, 3.8) is 0 Å². The highest BCUT2D eigenvalue weighted by atomic mass is 35.5. The van der Waals surface area contributed by atoms with E-state index >= 15 is 0 Å². The first-order valence-electron chi connectivity index (χ1n) is 11.9. The minimum atomic E-state index is -0.280. The summed E-state index contributed by atoms with van der Waals surface area (Å²) in [5, 5.41) is 8.31. The Labute approximate surface area is 212 Å². The minimum absolute atomic E-state index is 0.0470. The van der Waals surface area contributed by atoms with Crippen molar-refractivity contribution < 1.29 is 9.59 Å². The molecule has 0 saturated heterocycles. The van der Waals surface area contributed by atoms with Gasteiger partial charge >= 0.3 is 0 Å². The summed E-state index contributed by atoms with van der Waals surface area (Å²) >= 11 is 6.05. The van der Waals surface area contributed by atoms with E-state index in [-0.39, 0.29) is 23.8 Å². The molecule has 0 radical (unpaired) electrons. The van der Waals surface area contributed by atoms with E-state index in [2.05, 4.69) is 33.0 Å². The van der Waals surface area contributed by atoms with Gasteiger partial charge in [-0.2, -0.15) is 5.10 Å². The number of hydrogen-bond acceptors (Lipinski definition) is 3. The lowest BCUT2D eigenvalue weighted by Gasteiger charge is -2.20. The third kappa shape index (κ3) is 7.55. The number of amides is 2. The van der Waals surface area contributed by atoms with Crippen LogP contribution >= 0.6 is 11.6 Å². The van der Waals surface area contributed by atoms with Crippen LogP contribution in [0.1, 0.15) is 51.8 Å². The van der Waals surface area contributed by atoms with Crippen molar-refractivity contribution in [2.45, 2.75) is 46.0 Å². The largest absolute Gasteiger partial charge is 0.330 e. The summed E-state index contributed by atoms with van der Waals surface area (Å²) in [5.74, 6) is 0.0714. The molecule has 0 aliphatic rings. The summed E-state index contributed by atoms with van der Waals surface area (Å²) in [5.41, 5.74) is 2.35. The minimum Gasteiger partial charge on any atom is -0.330 e. The van der Waals surface area contributed by atoms with Gasteiger partial charge in [-0.3, -0.25) is 9.59 Å². The zero-order chi connectivity index (χ0) is 25.4. The van der Waals surface area contributed by atoms with Gasteiger partial charge in [0.25, 0.3) is 0 Å². The van der Waals surface area contributed by atoms with Crippen LogP contribution in [0, 0.1) is 0 Å². The lowest BCUT2D eigenvalue weighted by atomic mass is 9.92. The molecule has 0 unspecified atom stereocenters. The summed E-state index contributed by atoms with van der Waals surface area (Å²) < 4.78 is 1.70. The maximum Gasteiger partial charge on any atom is 0.247 e. The van der Waals surface area contributed by atoms with Gasteiger partial charge in [-0.15, -0.1) is 0 Å². The van der Waals surface area contributed by atoms with Crippen molar-refractivity contribution in [1.82, 2.24) is 14.7 Å². The molecule has 2 amide bonds. The third-order valence-electron chi connectivity index (χ3n) is 5.46. The lowest BCUT2D eigenvalue weighted by Crippen LogP contribution is -2.38. The van der Waals surface area contributed by atoms with Crippen molar-refractivity contribution in [2.75, 3.05) is 18.4 Å². The normalized spacial score (nSPS) is 11.6. The monoisotopic (exact) mass is 492 g/mol. The Hall–Kier alpha value is -3.38. The van der Waals surface area contributed by atoms with E-state index in [1.807, 2.05) is 48.5 Å². The Morgan fingerprint density at radius 3 is 2.40 bits per heavy atom. The standard InChI is InChI=1S/C28H33ClN4O2/c1-5-6-18-32(27(35)17-12-21-10-8-7-9-11-21)20-26(34)30-25-19-24(28(2,3)4)31-33(25)23-15-13-22(29)14-16-23/h7-17,19H,5-6,18,20H2,1-4H3,(H,30,34). The molecule has 0 fully saturated rings. The lowest BCUT2D eigenvalue weighted by molar-refractivity contribution is -0.130. The zero-order valence-electron chi connectivity index (χ0n) is 20.8. The van der Waals surface area contributed by atoms with Crippen molar-refractivity contribution >= 4 is 35.3 Å². The van der Waals surface area contributed by atoms with Gasteiger partial charge < -0.3 is 10.2 Å². The average molecular weight is 493 g/mol. The molecule has 1 heterocycles. The van der Waals surface area contributed by atoms with Gasteiger partial charge in [0.2, 0.25) is 11.8 Å². The highest BCUT2D eigenvalue weighted by Gasteiger charge is 2.22. The number of benzene rings is 2. The van der Waals surface area contributed by atoms with Gasteiger partial charge in [-0.1, -0.05) is 76.0 Å². The van der Waals surface area contributed by atoms with Gasteiger partial charge in [0.1, 0.15) is 12.4 Å². The second kappa shape index (κ2) is 11.8. The number of halogens is 1. The number of nitrogens with one attached hydrogen (secondary N) is 1. The van der Waals surface area contributed by atoms with Crippen LogP contribution in [0.3, 0.4) is 0 Å². The van der Waals surface area contributed by atoms with Crippen LogP contribution in [0.25, 0.3) is 11.8 Å². The van der Waals surface area contributed by atoms with E-state index in [1.165, 1.54) is 6.08 Å². The van der Waals surface area contributed by atoms with E-state index in [0.29, 0.717) is 17.4 Å². The van der Waals surface area contributed by atoms with Gasteiger partial charge in [-0.05, 0) is 42.3 Å². The molecule has 0 atom stereocenters. The molecule has 35 heavy (non-hydrogen) atoms. The molecule has 1 N–H and O–H groups in total. The van der Waals surface area contributed by atoms with E-state index < -0.39 is 0 Å². The number of nitrogens with zero attached hydrogens (tertiary/aromatic N) is 3. The Morgan fingerprint density at radius 2 is 1.77 bits per heavy atom. The molecular formula is C28H33ClN4O2. The van der Waals surface area contributed by atoms with Crippen LogP contribution in [0.4, 0.5) is 5.82 Å². The highest BCUT2D eigenvalue weighted by molar-refractivity contribution is 6.30. The van der Waals surface area contributed by atoms with E-state index in [9.17, 15) is 9.59 Å². The Bertz CT molecular complexity index is 1160. The van der Waals surface area contributed by atoms with Crippen LogP contribution in [0.5, 0.6) is 0 Å². The number of carbonyl (C=O) groups is 2. The molecule has 0 bridgehead atoms. The summed E-state index contributed by atoms with van der Waals surface area (Å²) in [4.78, 5) is 27.5. The number of hydrogen-bond donors (Lipinski definition) is 1. The molecule has 7 heteroatoms. The van der Waals surface area contributed by atoms with Crippen LogP contribution in [0.2, 0.25) is 5.02 Å². The van der Waals surface area contributed by atoms with E-state index in [1.54, 1.807) is 27.8 Å². The molecule has 1 aromatic heterocycles. The predicted octanol–water partition coefficient (Wildman–Crippen LogP) is 6.10. The molecule has 184 valence electrons. The van der Waals surface area contributed by atoms with Gasteiger partial charge in [-0.25, -0.2) is 4.68 Å². The fraction of sp³-hybridized carbons (Fsp3) is 0.321. The topological polar surface area (TPSA) is 67.2 Å². The molecule has 0 aliphatic carbocycles. The van der Waals surface area contributed by atoms with Gasteiger partial charge in [0, 0.05) is 29.1 Å². The summed E-state index contributed by atoms with van der Waals surface area (Å²) in [7, 11) is 0. The number of rotatable bonds is 9. The molecule has 0 saturated carbocycles. The number of unbranched alkanes of at least 4 members (excludes halogenated alkanes) is 1. The number of anilines is 1. The molecule has 6 nitrogen and oxygen atoms in total. The Kier molecular flexibility index (Phi) is 8.88. The quantitative estimate of drug-likeness (QED) is 0.367. The second-order valence-electron chi connectivity index (χ2n) is 9.46. The smallest absolute Gasteiger partial charge is 0.247 e. The zero-order valence-corrected chi connectivity index (χ0v) is 21.5. The second-order valence-corrected chi connectivity index (χ2v) is 9.90. The Balaban J connectivity index is 1.79. The van der Waals surface area contributed by atoms with Crippen molar-refractivity contribution in [3.8, 4) is 5.69 Å². The number of aromatic nitrogens is 2. The maximum absolute atomic E-state index is 13.1. The highest BCUT2D eigenvalue weighted by Crippen LogP contribution is 2.27. The van der Waals surface area contributed by atoms with Crippen molar-refractivity contribution in [3.05, 3.63) is 83.0 Å². The first kappa shape index (κ1) is 26.2. The molecule has 2 aromatic carbocycles. The van der Waals surface area contributed by atoms with Crippen LogP contribution in [-0.2, 0) is 15.0 Å². The fourth-order valence-corrected chi connectivity index (χ4v) is 3.55. The molecular weight excluding hydrogens is 460 g/mol. The summed E-state index contributed by atoms with van der Waals surface area (Å²) in [6.45, 7) is 8.72. The molecule has 3 rings (SSSR count). The van der Waals surface area contributed by atoms with Gasteiger partial charge in [0.15, 0.2) is 0 Å². The van der Waals surface area contributed by atoms with Crippen LogP contribution < -0.4 is 5.32 Å². The maximum atomic E-state index is 13.1. The van der Waals surface area contributed by atoms with E-state index in [0.717, 1.165) is 29.8 Å². The van der Waals surface area contributed by atoms with Crippen LogP contribution in [0.15, 0.2) is 66.7 Å². The predicted molar refractivity (Wildman–Crippen MR) is 143 cm³/mol. The first-order valence-corrected chi connectivity index (χ1v) is 12.2. The number of carbonyl (C=O) groups excluding carboxylic acids is 2. The molecule has 0 spiro atoms. The molecule has 3 aromatic rings. The molecule has 0 aliphatic heterocycles. The Morgan fingerprint density at radius 1 is 1.09 bits per heavy atom. The summed E-state index contributed by atoms with van der Waals surface area (Å²) in [6, 6.07) is 18.8. The third-order valence-corrected chi connectivity index (χ3v) is 5.71. The first-order chi connectivity index (χ1) is 16.7. The average Bonchev–Trinajstić information content (AvgIpc) is 3.25. The SMILES string of the molecule is CCCCN(CC(=O)Nc1cc(C(C)(C)C)nn1-c1ccc(Cl)cc1)C(=O)C=Cc1ccccc1. The van der Waals surface area contributed by atoms with Crippen LogP contribution in [-0.4, -0.2) is 39.6 Å². The van der Waals surface area contributed by atoms with Gasteiger partial charge in [0.05, 0.1) is 11.4 Å². The fourth-order valence-electron chi connectivity index (χ4n) is 3.42. The van der Waals surface area contributed by atoms with E-state index in [4.69, 9.17) is 16.7 Å². The van der Waals surface area contributed by atoms with Crippen molar-refractivity contribution in [1.29, 1.82) is 0 Å². The van der Waals surface area contributed by atoms with Crippen molar-refractivity contribution in [2.24, 2.45) is 0 Å². The summed E-state index contributed by atoms with van der Waals surface area (Å²) in [6.07, 6.45) is 5.03.